The van der Waals surface area contributed by atoms with Gasteiger partial charge in [-0.05, 0) is 26.0 Å². The molecule has 3 aromatic heterocycles. The first kappa shape index (κ1) is 15.9. The van der Waals surface area contributed by atoms with Gasteiger partial charge in [-0.15, -0.1) is 0 Å². The van der Waals surface area contributed by atoms with Gasteiger partial charge in [0, 0.05) is 24.0 Å². The van der Waals surface area contributed by atoms with Gasteiger partial charge >= 0.3 is 0 Å². The molecule has 3 N–H and O–H groups in total. The normalized spacial score (nSPS) is 12.3. The van der Waals surface area contributed by atoms with Crippen LogP contribution in [0.25, 0.3) is 11.1 Å². The molecule has 0 aliphatic heterocycles. The minimum Gasteiger partial charge on any atom is -0.385 e. The number of rotatable bonds is 4. The van der Waals surface area contributed by atoms with Crippen molar-refractivity contribution >= 4 is 17.0 Å². The molecule has 0 aliphatic rings. The molecule has 8 heteroatoms. The number of aromatic amines is 1. The molecular weight excluding hydrogens is 312 g/mol. The average Bonchev–Trinajstić information content (AvgIpc) is 2.92. The molecule has 3 heterocycles. The van der Waals surface area contributed by atoms with Gasteiger partial charge in [0.1, 0.15) is 6.10 Å². The Hall–Kier alpha value is -3.00. The van der Waals surface area contributed by atoms with E-state index in [2.05, 4.69) is 20.4 Å². The van der Waals surface area contributed by atoms with Crippen LogP contribution in [0.5, 0.6) is 0 Å². The van der Waals surface area contributed by atoms with E-state index in [-0.39, 0.29) is 18.0 Å². The molecule has 0 aromatic carbocycles. The van der Waals surface area contributed by atoms with E-state index in [4.69, 9.17) is 4.52 Å². The predicted molar refractivity (Wildman–Crippen MR) is 85.6 cm³/mol. The molecule has 3 rings (SSSR count). The Labute approximate surface area is 136 Å². The molecule has 1 atom stereocenters. The summed E-state index contributed by atoms with van der Waals surface area (Å²) >= 11 is 0. The fourth-order valence-corrected chi connectivity index (χ4v) is 2.45. The number of H-pyrrole nitrogens is 1. The lowest BCUT2D eigenvalue weighted by atomic mass is 10.1. The number of aryl methyl sites for hydroxylation is 2. The second-order valence-corrected chi connectivity index (χ2v) is 5.46. The van der Waals surface area contributed by atoms with Crippen LogP contribution in [-0.4, -0.2) is 32.7 Å². The summed E-state index contributed by atoms with van der Waals surface area (Å²) in [6.07, 6.45) is -1.02. The van der Waals surface area contributed by atoms with Gasteiger partial charge in [-0.2, -0.15) is 0 Å². The minimum absolute atomic E-state index is 0.0496. The molecule has 0 saturated carbocycles. The third-order valence-electron chi connectivity index (χ3n) is 3.60. The summed E-state index contributed by atoms with van der Waals surface area (Å²) in [6.45, 7) is 3.42. The van der Waals surface area contributed by atoms with Gasteiger partial charge in [0.25, 0.3) is 11.6 Å². The summed E-state index contributed by atoms with van der Waals surface area (Å²) in [7, 11) is 0. The molecule has 0 aliphatic carbocycles. The second kappa shape index (κ2) is 6.25. The van der Waals surface area contributed by atoms with Crippen LogP contribution in [-0.2, 0) is 0 Å². The molecule has 3 aromatic rings. The number of aliphatic hydroxyl groups excluding tert-OH is 1. The topological polar surface area (TPSA) is 121 Å². The lowest BCUT2D eigenvalue weighted by Crippen LogP contribution is -2.29. The lowest BCUT2D eigenvalue weighted by molar-refractivity contribution is 0.0915. The van der Waals surface area contributed by atoms with Crippen LogP contribution >= 0.6 is 0 Å². The molecule has 1 unspecified atom stereocenters. The van der Waals surface area contributed by atoms with E-state index >= 15 is 0 Å². The highest BCUT2D eigenvalue weighted by atomic mass is 16.5. The highest BCUT2D eigenvalue weighted by Crippen LogP contribution is 2.21. The van der Waals surface area contributed by atoms with E-state index in [1.54, 1.807) is 26.0 Å². The van der Waals surface area contributed by atoms with Gasteiger partial charge in [-0.25, -0.2) is 4.98 Å². The number of nitrogens with zero attached hydrogens (tertiary/aromatic N) is 2. The highest BCUT2D eigenvalue weighted by Gasteiger charge is 2.18. The van der Waals surface area contributed by atoms with Crippen molar-refractivity contribution in [1.29, 1.82) is 0 Å². The molecule has 0 saturated heterocycles. The molecule has 8 nitrogen and oxygen atoms in total. The van der Waals surface area contributed by atoms with Crippen LogP contribution in [0.3, 0.4) is 0 Å². The van der Waals surface area contributed by atoms with Crippen molar-refractivity contribution in [3.05, 3.63) is 57.3 Å². The molecule has 24 heavy (non-hydrogen) atoms. The summed E-state index contributed by atoms with van der Waals surface area (Å²) in [6, 6.07) is 6.10. The average molecular weight is 328 g/mol. The maximum atomic E-state index is 12.5. The van der Waals surface area contributed by atoms with Crippen molar-refractivity contribution in [2.24, 2.45) is 0 Å². The smallest absolute Gasteiger partial charge is 0.258 e. The zero-order chi connectivity index (χ0) is 17.3. The molecule has 1 amide bonds. The fraction of sp³-hybridized carbons (Fsp3) is 0.250. The van der Waals surface area contributed by atoms with Crippen molar-refractivity contribution in [1.82, 2.24) is 20.4 Å². The molecule has 0 fully saturated rings. The first-order valence-electron chi connectivity index (χ1n) is 7.35. The summed E-state index contributed by atoms with van der Waals surface area (Å²) < 4.78 is 5.10. The van der Waals surface area contributed by atoms with Gasteiger partial charge in [0.05, 0.1) is 16.6 Å². The van der Waals surface area contributed by atoms with E-state index in [9.17, 15) is 14.7 Å². The Kier molecular flexibility index (Phi) is 4.13. The summed E-state index contributed by atoms with van der Waals surface area (Å²) in [5.74, 6) is -0.380. The lowest BCUT2D eigenvalue weighted by Gasteiger charge is -2.12. The number of carbonyl (C=O) groups excluding carboxylic acids is 1. The summed E-state index contributed by atoms with van der Waals surface area (Å²) in [4.78, 5) is 30.5. The number of nitrogens with one attached hydrogen (secondary N) is 2. The van der Waals surface area contributed by atoms with Crippen LogP contribution in [0.4, 0.5) is 0 Å². The summed E-state index contributed by atoms with van der Waals surface area (Å²) in [5.41, 5.74) is 1.88. The zero-order valence-electron chi connectivity index (χ0n) is 13.2. The maximum Gasteiger partial charge on any atom is 0.258 e. The molecule has 0 radical (unpaired) electrons. The maximum absolute atomic E-state index is 12.5. The van der Waals surface area contributed by atoms with Crippen molar-refractivity contribution in [3.8, 4) is 0 Å². The summed E-state index contributed by atoms with van der Waals surface area (Å²) in [5, 5.41) is 17.1. The molecule has 0 spiro atoms. The van der Waals surface area contributed by atoms with E-state index in [1.165, 1.54) is 12.1 Å². The van der Waals surface area contributed by atoms with Crippen molar-refractivity contribution in [2.45, 2.75) is 20.0 Å². The van der Waals surface area contributed by atoms with E-state index in [1.807, 2.05) is 0 Å². The number of amides is 1. The van der Waals surface area contributed by atoms with Gasteiger partial charge in [0.2, 0.25) is 5.56 Å². The fourth-order valence-electron chi connectivity index (χ4n) is 2.45. The van der Waals surface area contributed by atoms with Crippen LogP contribution in [0, 0.1) is 13.8 Å². The van der Waals surface area contributed by atoms with Crippen LogP contribution in [0.15, 0.2) is 33.6 Å². The van der Waals surface area contributed by atoms with Gasteiger partial charge in [0.15, 0.2) is 0 Å². The Bertz CT molecular complexity index is 960. The minimum atomic E-state index is -1.02. The number of aliphatic hydroxyl groups is 1. The number of hydrogen-bond acceptors (Lipinski definition) is 6. The third-order valence-corrected chi connectivity index (χ3v) is 3.60. The van der Waals surface area contributed by atoms with E-state index in [0.29, 0.717) is 33.7 Å². The number of fused-ring (bicyclic) bond motifs is 1. The van der Waals surface area contributed by atoms with Crippen LogP contribution in [0.2, 0.25) is 0 Å². The highest BCUT2D eigenvalue weighted by molar-refractivity contribution is 6.06. The van der Waals surface area contributed by atoms with Crippen LogP contribution < -0.4 is 10.9 Å². The molecular formula is C16H16N4O4. The monoisotopic (exact) mass is 328 g/mol. The predicted octanol–water partition coefficient (Wildman–Crippen LogP) is 0.991. The third kappa shape index (κ3) is 3.04. The largest absolute Gasteiger partial charge is 0.385 e. The number of pyridine rings is 2. The van der Waals surface area contributed by atoms with E-state index in [0.717, 1.165) is 0 Å². The number of aromatic nitrogens is 3. The van der Waals surface area contributed by atoms with Crippen LogP contribution in [0.1, 0.15) is 33.5 Å². The van der Waals surface area contributed by atoms with Crippen molar-refractivity contribution in [3.63, 3.8) is 0 Å². The second-order valence-electron chi connectivity index (χ2n) is 5.46. The van der Waals surface area contributed by atoms with Crippen molar-refractivity contribution in [2.75, 3.05) is 6.54 Å². The SMILES string of the molecule is Cc1cc(C(=O)NCC(O)c2cccc(=O)[nH]2)c2c(C)noc2n1. The zero-order valence-corrected chi connectivity index (χ0v) is 13.2. The van der Waals surface area contributed by atoms with E-state index < -0.39 is 6.10 Å². The first-order valence-corrected chi connectivity index (χ1v) is 7.35. The number of hydrogen-bond donors (Lipinski definition) is 3. The quantitative estimate of drug-likeness (QED) is 0.657. The van der Waals surface area contributed by atoms with Crippen molar-refractivity contribution < 1.29 is 14.4 Å². The Morgan fingerprint density at radius 1 is 1.42 bits per heavy atom. The molecule has 124 valence electrons. The first-order chi connectivity index (χ1) is 11.5. The van der Waals surface area contributed by atoms with Gasteiger partial charge in [-0.1, -0.05) is 11.2 Å². The Morgan fingerprint density at radius 2 is 2.21 bits per heavy atom. The Balaban J connectivity index is 1.80. The Morgan fingerprint density at radius 3 is 2.96 bits per heavy atom. The van der Waals surface area contributed by atoms with Gasteiger partial charge < -0.3 is 19.9 Å². The standard InChI is InChI=1S/C16H16N4O4/c1-8-6-10(14-9(2)20-24-16(14)18-8)15(23)17-7-12(21)11-4-3-5-13(22)19-11/h3-6,12,21H,7H2,1-2H3,(H,17,23)(H,19,22). The number of carbonyl (C=O) groups is 1. The van der Waals surface area contributed by atoms with Gasteiger partial charge in [-0.3, -0.25) is 9.59 Å². The molecule has 0 bridgehead atoms.